The Morgan fingerprint density at radius 2 is 2.22 bits per heavy atom. The number of fused-ring (bicyclic) bond motifs is 1. The van der Waals surface area contributed by atoms with Gasteiger partial charge in [0.2, 0.25) is 10.7 Å². The Bertz CT molecular complexity index is 791. The number of hydrogen-bond donors (Lipinski definition) is 2. The third-order valence-electron chi connectivity index (χ3n) is 2.60. The van der Waals surface area contributed by atoms with E-state index < -0.39 is 0 Å². The predicted molar refractivity (Wildman–Crippen MR) is 76.2 cm³/mol. The molecule has 18 heavy (non-hydrogen) atoms. The highest BCUT2D eigenvalue weighted by Crippen LogP contribution is 2.24. The van der Waals surface area contributed by atoms with Gasteiger partial charge in [-0.2, -0.15) is 0 Å². The minimum absolute atomic E-state index is 0.317. The fraction of sp³-hybridized carbons (Fsp3) is 0. The van der Waals surface area contributed by atoms with Crippen molar-refractivity contribution in [2.45, 2.75) is 0 Å². The summed E-state index contributed by atoms with van der Waals surface area (Å²) in [4.78, 5) is 4.41. The predicted octanol–water partition coefficient (Wildman–Crippen LogP) is 2.82. The number of nitrogens with two attached hydrogens (primary N) is 1. The van der Waals surface area contributed by atoms with Crippen molar-refractivity contribution < 1.29 is 0 Å². The van der Waals surface area contributed by atoms with Crippen molar-refractivity contribution >= 4 is 45.0 Å². The molecular weight excluding hydrogens is 314 g/mol. The molecule has 0 radical (unpaired) electrons. The summed E-state index contributed by atoms with van der Waals surface area (Å²) in [7, 11) is 0. The molecule has 1 aromatic carbocycles. The molecule has 3 N–H and O–H groups in total. The van der Waals surface area contributed by atoms with Gasteiger partial charge in [-0.3, -0.25) is 9.55 Å². The largest absolute Gasteiger partial charge is 0.368 e. The van der Waals surface area contributed by atoms with Crippen LogP contribution in [0.2, 0.25) is 0 Å². The van der Waals surface area contributed by atoms with E-state index in [4.69, 9.17) is 18.0 Å². The maximum Gasteiger partial charge on any atom is 0.225 e. The van der Waals surface area contributed by atoms with Gasteiger partial charge in [0.25, 0.3) is 0 Å². The summed E-state index contributed by atoms with van der Waals surface area (Å²) in [6, 6.07) is 7.81. The highest BCUT2D eigenvalue weighted by atomic mass is 79.9. The molecule has 0 unspecified atom stereocenters. The molecule has 0 spiro atoms. The van der Waals surface area contributed by atoms with E-state index in [1.54, 1.807) is 10.8 Å². The zero-order valence-corrected chi connectivity index (χ0v) is 11.5. The molecule has 3 aromatic rings. The molecule has 90 valence electrons. The van der Waals surface area contributed by atoms with Crippen LogP contribution in [-0.4, -0.2) is 19.7 Å². The van der Waals surface area contributed by atoms with Gasteiger partial charge in [0.05, 0.1) is 11.2 Å². The molecule has 2 heterocycles. The second-order valence-electron chi connectivity index (χ2n) is 3.72. The zero-order chi connectivity index (χ0) is 12.7. The molecule has 2 aromatic heterocycles. The van der Waals surface area contributed by atoms with Gasteiger partial charge in [0.15, 0.2) is 0 Å². The number of hydrogen-bond acceptors (Lipinski definition) is 4. The van der Waals surface area contributed by atoms with Crippen molar-refractivity contribution in [3.63, 3.8) is 0 Å². The zero-order valence-electron chi connectivity index (χ0n) is 9.09. The third-order valence-corrected chi connectivity index (χ3v) is 3.30. The van der Waals surface area contributed by atoms with Crippen molar-refractivity contribution in [2.75, 3.05) is 5.73 Å². The number of H-pyrrole nitrogens is 1. The number of aromatic amines is 1. The van der Waals surface area contributed by atoms with E-state index in [-0.39, 0.29) is 0 Å². The topological polar surface area (TPSA) is 72.5 Å². The highest BCUT2D eigenvalue weighted by molar-refractivity contribution is 9.10. The molecule has 0 saturated carbocycles. The average molecular weight is 322 g/mol. The van der Waals surface area contributed by atoms with Crippen LogP contribution in [0.5, 0.6) is 0 Å². The molecule has 0 saturated heterocycles. The van der Waals surface area contributed by atoms with Crippen LogP contribution < -0.4 is 5.73 Å². The Balaban J connectivity index is 2.40. The van der Waals surface area contributed by atoms with Gasteiger partial charge in [-0.1, -0.05) is 12.1 Å². The first-order valence-corrected chi connectivity index (χ1v) is 6.34. The van der Waals surface area contributed by atoms with Gasteiger partial charge >= 0.3 is 0 Å². The van der Waals surface area contributed by atoms with Crippen molar-refractivity contribution in [3.05, 3.63) is 39.7 Å². The molecule has 3 rings (SSSR count). The number of benzene rings is 1. The van der Waals surface area contributed by atoms with Crippen LogP contribution >= 0.6 is 28.1 Å². The highest BCUT2D eigenvalue weighted by Gasteiger charge is 2.09. The molecule has 0 aliphatic rings. The second-order valence-corrected chi connectivity index (χ2v) is 5.03. The lowest BCUT2D eigenvalue weighted by Crippen LogP contribution is -2.02. The van der Waals surface area contributed by atoms with Gasteiger partial charge in [0, 0.05) is 16.1 Å². The molecule has 0 aliphatic carbocycles. The van der Waals surface area contributed by atoms with Gasteiger partial charge in [-0.15, -0.1) is 5.10 Å². The van der Waals surface area contributed by atoms with Crippen molar-refractivity contribution in [3.8, 4) is 5.69 Å². The second kappa shape index (κ2) is 4.18. The first-order chi connectivity index (χ1) is 8.66. The van der Waals surface area contributed by atoms with Gasteiger partial charge in [-0.25, -0.2) is 5.10 Å². The lowest BCUT2D eigenvalue weighted by Gasteiger charge is -2.07. The van der Waals surface area contributed by atoms with E-state index in [0.717, 1.165) is 21.1 Å². The monoisotopic (exact) mass is 321 g/mol. The van der Waals surface area contributed by atoms with Gasteiger partial charge in [-0.05, 0) is 40.3 Å². The van der Waals surface area contributed by atoms with E-state index in [0.29, 0.717) is 10.7 Å². The van der Waals surface area contributed by atoms with Crippen molar-refractivity contribution in [1.29, 1.82) is 0 Å². The minimum atomic E-state index is 0.317. The van der Waals surface area contributed by atoms with Crippen LogP contribution in [-0.2, 0) is 0 Å². The maximum absolute atomic E-state index is 5.81. The van der Waals surface area contributed by atoms with Gasteiger partial charge in [0.1, 0.15) is 0 Å². The van der Waals surface area contributed by atoms with E-state index in [9.17, 15) is 0 Å². The Morgan fingerprint density at radius 3 is 2.94 bits per heavy atom. The van der Waals surface area contributed by atoms with Crippen LogP contribution in [0.4, 0.5) is 5.95 Å². The standard InChI is InChI=1S/C11H8BrN5S/c12-7-4-6-2-1-3-8(9(6)14-5-7)17-10(13)15-16-11(17)18/h1-5H,(H2,13,15)(H,16,18). The number of aromatic nitrogens is 4. The average Bonchev–Trinajstić information content (AvgIpc) is 2.68. The lowest BCUT2D eigenvalue weighted by atomic mass is 10.2. The SMILES string of the molecule is Nc1n[nH]c(=S)n1-c1cccc2cc(Br)cnc12. The molecule has 7 heteroatoms. The lowest BCUT2D eigenvalue weighted by molar-refractivity contribution is 1.04. The summed E-state index contributed by atoms with van der Waals surface area (Å²) >= 11 is 8.57. The molecular formula is C11H8BrN5S. The van der Waals surface area contributed by atoms with E-state index >= 15 is 0 Å². The summed E-state index contributed by atoms with van der Waals surface area (Å²) in [6.45, 7) is 0. The van der Waals surface area contributed by atoms with Crippen LogP contribution in [0, 0.1) is 4.77 Å². The van der Waals surface area contributed by atoms with Crippen LogP contribution in [0.25, 0.3) is 16.6 Å². The van der Waals surface area contributed by atoms with Gasteiger partial charge < -0.3 is 5.73 Å². The van der Waals surface area contributed by atoms with Crippen molar-refractivity contribution in [2.24, 2.45) is 0 Å². The summed E-state index contributed by atoms with van der Waals surface area (Å²) in [5, 5.41) is 7.57. The number of pyridine rings is 1. The molecule has 0 amide bonds. The fourth-order valence-electron chi connectivity index (χ4n) is 1.84. The first kappa shape index (κ1) is 11.4. The molecule has 0 atom stereocenters. The number of anilines is 1. The minimum Gasteiger partial charge on any atom is -0.368 e. The number of para-hydroxylation sites is 1. The number of nitrogens with one attached hydrogen (secondary N) is 1. The normalized spacial score (nSPS) is 10.9. The molecule has 5 nitrogen and oxygen atoms in total. The van der Waals surface area contributed by atoms with E-state index in [1.165, 1.54) is 0 Å². The van der Waals surface area contributed by atoms with Crippen LogP contribution in [0.15, 0.2) is 34.9 Å². The summed E-state index contributed by atoms with van der Waals surface area (Å²) in [6.07, 6.45) is 1.74. The summed E-state index contributed by atoms with van der Waals surface area (Å²) < 4.78 is 3.04. The number of nitrogens with zero attached hydrogens (tertiary/aromatic N) is 3. The quantitative estimate of drug-likeness (QED) is 0.676. The number of rotatable bonds is 1. The summed E-state index contributed by atoms with van der Waals surface area (Å²) in [5.41, 5.74) is 7.45. The first-order valence-electron chi connectivity index (χ1n) is 5.14. The number of nitrogen functional groups attached to an aromatic ring is 1. The maximum atomic E-state index is 5.81. The summed E-state index contributed by atoms with van der Waals surface area (Å²) in [5.74, 6) is 0.317. The van der Waals surface area contributed by atoms with Crippen molar-refractivity contribution in [1.82, 2.24) is 19.7 Å². The van der Waals surface area contributed by atoms with Crippen LogP contribution in [0.3, 0.4) is 0 Å². The molecule has 0 fully saturated rings. The van der Waals surface area contributed by atoms with Crippen LogP contribution in [0.1, 0.15) is 0 Å². The molecule has 0 bridgehead atoms. The Morgan fingerprint density at radius 1 is 1.39 bits per heavy atom. The molecule has 0 aliphatic heterocycles. The smallest absolute Gasteiger partial charge is 0.225 e. The fourth-order valence-corrected chi connectivity index (χ4v) is 2.43. The Kier molecular flexibility index (Phi) is 2.64. The Labute approximate surface area is 116 Å². The Hall–Kier alpha value is -1.73. The van der Waals surface area contributed by atoms with E-state index in [2.05, 4.69) is 31.1 Å². The van der Waals surface area contributed by atoms with E-state index in [1.807, 2.05) is 24.3 Å². The third kappa shape index (κ3) is 1.72. The number of halogens is 1.